The molecule has 35 heavy (non-hydrogen) atoms. The molecule has 0 radical (unpaired) electrons. The van der Waals surface area contributed by atoms with E-state index >= 15 is 0 Å². The van der Waals surface area contributed by atoms with Crippen molar-refractivity contribution in [1.29, 1.82) is 0 Å². The Kier molecular flexibility index (Phi) is 8.48. The largest absolute Gasteiger partial charge is 0.0914 e. The molecule has 0 spiro atoms. The fraction of sp³-hybridized carbons (Fsp3) is 0.600. The topological polar surface area (TPSA) is 0 Å². The third-order valence-electron chi connectivity index (χ3n) is 9.95. The number of hydrogen-bond donors (Lipinski definition) is 0. The first-order valence-corrected chi connectivity index (χ1v) is 15.1. The summed E-state index contributed by atoms with van der Waals surface area (Å²) in [7, 11) is 0. The molecule has 1 atom stereocenters. The number of hydrogen-bond acceptors (Lipinski definition) is 0. The zero-order valence-electron chi connectivity index (χ0n) is 22.5. The van der Waals surface area contributed by atoms with Crippen molar-refractivity contribution in [3.8, 4) is 11.1 Å². The second-order valence-corrected chi connectivity index (χ2v) is 12.2. The smallest absolute Gasteiger partial charge is 0.0162 e. The lowest BCUT2D eigenvalue weighted by Gasteiger charge is -2.36. The molecule has 0 heteroatoms. The minimum atomic E-state index is 0.757. The van der Waals surface area contributed by atoms with Crippen molar-refractivity contribution in [3.05, 3.63) is 71.3 Å². The summed E-state index contributed by atoms with van der Waals surface area (Å²) in [4.78, 5) is 0. The highest BCUT2D eigenvalue weighted by molar-refractivity contribution is 5.65. The van der Waals surface area contributed by atoms with Crippen molar-refractivity contribution in [1.82, 2.24) is 0 Å². The van der Waals surface area contributed by atoms with Gasteiger partial charge in [-0.15, -0.1) is 0 Å². The van der Waals surface area contributed by atoms with E-state index in [1.165, 1.54) is 101 Å². The predicted octanol–water partition coefficient (Wildman–Crippen LogP) is 10.3. The molecular formula is C35H48. The Morgan fingerprint density at radius 2 is 1.49 bits per heavy atom. The van der Waals surface area contributed by atoms with Gasteiger partial charge in [-0.3, -0.25) is 0 Å². The van der Waals surface area contributed by atoms with Crippen LogP contribution in [0.3, 0.4) is 0 Å². The summed E-state index contributed by atoms with van der Waals surface area (Å²) in [5.74, 6) is 4.52. The first kappa shape index (κ1) is 24.9. The molecule has 0 heterocycles. The maximum absolute atomic E-state index is 2.52. The van der Waals surface area contributed by atoms with Crippen LogP contribution in [0.15, 0.2) is 54.6 Å². The van der Waals surface area contributed by atoms with Gasteiger partial charge in [0.05, 0.1) is 0 Å². The maximum Gasteiger partial charge on any atom is -0.0162 e. The monoisotopic (exact) mass is 468 g/mol. The predicted molar refractivity (Wildman–Crippen MR) is 152 cm³/mol. The van der Waals surface area contributed by atoms with Gasteiger partial charge in [-0.1, -0.05) is 93.6 Å². The third-order valence-corrected chi connectivity index (χ3v) is 9.95. The van der Waals surface area contributed by atoms with Crippen LogP contribution in [0, 0.1) is 23.7 Å². The molecule has 2 aromatic carbocycles. The van der Waals surface area contributed by atoms with Crippen molar-refractivity contribution in [2.24, 2.45) is 23.7 Å². The minimum Gasteiger partial charge on any atom is -0.0914 e. The Balaban J connectivity index is 1.17. The molecule has 0 N–H and O–H groups in total. The Hall–Kier alpha value is -1.82. The summed E-state index contributed by atoms with van der Waals surface area (Å²) in [5, 5.41) is 0. The zero-order valence-corrected chi connectivity index (χ0v) is 22.5. The van der Waals surface area contributed by atoms with Crippen molar-refractivity contribution >= 4 is 0 Å². The molecule has 0 nitrogen and oxygen atoms in total. The Morgan fingerprint density at radius 3 is 2.20 bits per heavy atom. The molecule has 3 aliphatic carbocycles. The van der Waals surface area contributed by atoms with Crippen molar-refractivity contribution in [2.75, 3.05) is 0 Å². The van der Waals surface area contributed by atoms with Crippen LogP contribution in [0.25, 0.3) is 11.1 Å². The highest BCUT2D eigenvalue weighted by Crippen LogP contribution is 2.42. The van der Waals surface area contributed by atoms with E-state index in [4.69, 9.17) is 0 Å². The van der Waals surface area contributed by atoms with Gasteiger partial charge in [0.15, 0.2) is 0 Å². The van der Waals surface area contributed by atoms with E-state index in [1.54, 1.807) is 16.7 Å². The molecule has 188 valence electrons. The number of rotatable bonds is 7. The number of aryl methyl sites for hydroxylation is 1. The van der Waals surface area contributed by atoms with E-state index in [-0.39, 0.29) is 0 Å². The van der Waals surface area contributed by atoms with Gasteiger partial charge in [0.2, 0.25) is 0 Å². The molecule has 5 rings (SSSR count). The summed E-state index contributed by atoms with van der Waals surface area (Å²) in [6, 6.07) is 17.0. The average molecular weight is 469 g/mol. The molecule has 0 bridgehead atoms. The van der Waals surface area contributed by atoms with Crippen LogP contribution in [0.2, 0.25) is 0 Å². The average Bonchev–Trinajstić information content (AvgIpc) is 2.92. The molecule has 0 saturated heterocycles. The van der Waals surface area contributed by atoms with Crippen LogP contribution in [0.5, 0.6) is 0 Å². The van der Waals surface area contributed by atoms with Gasteiger partial charge in [-0.05, 0) is 122 Å². The summed E-state index contributed by atoms with van der Waals surface area (Å²) >= 11 is 0. The van der Waals surface area contributed by atoms with Crippen molar-refractivity contribution < 1.29 is 0 Å². The second kappa shape index (κ2) is 11.9. The third kappa shape index (κ3) is 6.12. The second-order valence-electron chi connectivity index (χ2n) is 12.2. The number of fused-ring (bicyclic) bond motifs is 1. The summed E-state index contributed by atoms with van der Waals surface area (Å²) in [5.41, 5.74) is 7.64. The molecule has 1 unspecified atom stereocenters. The van der Waals surface area contributed by atoms with E-state index in [0.717, 1.165) is 29.6 Å². The SMILES string of the molecule is C/C=C/C1CCC(c2ccc(-c3ccc4c(c3)CCC(C3CCC(CCCC)CC3)C4)cc2)CC1. The van der Waals surface area contributed by atoms with Gasteiger partial charge in [0.1, 0.15) is 0 Å². The van der Waals surface area contributed by atoms with Gasteiger partial charge in [-0.25, -0.2) is 0 Å². The molecule has 0 aromatic heterocycles. The van der Waals surface area contributed by atoms with E-state index in [2.05, 4.69) is 68.5 Å². The van der Waals surface area contributed by atoms with Crippen molar-refractivity contribution in [2.45, 2.75) is 110 Å². The molecule has 2 fully saturated rings. The van der Waals surface area contributed by atoms with E-state index in [0.29, 0.717) is 0 Å². The van der Waals surface area contributed by atoms with Gasteiger partial charge in [-0.2, -0.15) is 0 Å². The van der Waals surface area contributed by atoms with E-state index in [1.807, 2.05) is 0 Å². The quantitative estimate of drug-likeness (QED) is 0.354. The molecule has 2 aromatic rings. The molecule has 0 aliphatic heterocycles. The van der Waals surface area contributed by atoms with Crippen LogP contribution in [0.4, 0.5) is 0 Å². The lowest BCUT2D eigenvalue weighted by Crippen LogP contribution is -2.26. The van der Waals surface area contributed by atoms with Crippen LogP contribution in [-0.4, -0.2) is 0 Å². The van der Waals surface area contributed by atoms with E-state index < -0.39 is 0 Å². The fourth-order valence-corrected chi connectivity index (χ4v) is 7.67. The number of benzene rings is 2. The van der Waals surface area contributed by atoms with Gasteiger partial charge >= 0.3 is 0 Å². The zero-order chi connectivity index (χ0) is 24.0. The number of allylic oxidation sites excluding steroid dienone is 2. The molecular weight excluding hydrogens is 420 g/mol. The van der Waals surface area contributed by atoms with Crippen LogP contribution in [0.1, 0.15) is 114 Å². The van der Waals surface area contributed by atoms with Crippen LogP contribution in [-0.2, 0) is 12.8 Å². The summed E-state index contributed by atoms with van der Waals surface area (Å²) < 4.78 is 0. The molecule has 2 saturated carbocycles. The molecule has 3 aliphatic rings. The Labute approximate surface area is 215 Å². The lowest BCUT2D eigenvalue weighted by molar-refractivity contribution is 0.183. The maximum atomic E-state index is 2.52. The number of unbranched alkanes of at least 4 members (excludes halogenated alkanes) is 1. The first-order valence-electron chi connectivity index (χ1n) is 15.1. The normalized spacial score (nSPS) is 29.3. The highest BCUT2D eigenvalue weighted by Gasteiger charge is 2.30. The standard InChI is InChI=1S/C35H48/c1-3-5-7-27-10-14-30(15-11-27)32-20-22-35-25-33(21-23-34(35)24-32)31-18-16-29(17-19-31)28-12-8-26(6-4-2)9-13-28/h4,6,16-19,21,23,25-28,30,32H,3,5,7-15,20,22,24H2,1-2H3/b6-4+. The van der Waals surface area contributed by atoms with Gasteiger partial charge in [0, 0.05) is 0 Å². The van der Waals surface area contributed by atoms with Gasteiger partial charge in [0.25, 0.3) is 0 Å². The highest BCUT2D eigenvalue weighted by atomic mass is 14.4. The van der Waals surface area contributed by atoms with Crippen LogP contribution < -0.4 is 0 Å². The summed E-state index contributed by atoms with van der Waals surface area (Å²) in [6.45, 7) is 4.49. The van der Waals surface area contributed by atoms with Crippen molar-refractivity contribution in [3.63, 3.8) is 0 Å². The summed E-state index contributed by atoms with van der Waals surface area (Å²) in [6.07, 6.45) is 24.3. The minimum absolute atomic E-state index is 0.757. The fourth-order valence-electron chi connectivity index (χ4n) is 7.67. The Bertz CT molecular complexity index is 948. The van der Waals surface area contributed by atoms with E-state index in [9.17, 15) is 0 Å². The first-order chi connectivity index (χ1) is 17.2. The molecule has 0 amide bonds. The van der Waals surface area contributed by atoms with Gasteiger partial charge < -0.3 is 0 Å². The Morgan fingerprint density at radius 1 is 0.743 bits per heavy atom. The van der Waals surface area contributed by atoms with Crippen LogP contribution >= 0.6 is 0 Å². The lowest BCUT2D eigenvalue weighted by atomic mass is 9.69.